The smallest absolute Gasteiger partial charge is 0.133 e. The second-order valence-corrected chi connectivity index (χ2v) is 8.17. The van der Waals surface area contributed by atoms with Gasteiger partial charge in [-0.1, -0.05) is 50.2 Å². The Balaban J connectivity index is 1.37. The van der Waals surface area contributed by atoms with E-state index in [-0.39, 0.29) is 0 Å². The van der Waals surface area contributed by atoms with Crippen molar-refractivity contribution >= 4 is 5.82 Å². The molecule has 0 radical (unpaired) electrons. The number of nitrogens with zero attached hydrogens (tertiary/aromatic N) is 3. The molecule has 0 bridgehead atoms. The van der Waals surface area contributed by atoms with Gasteiger partial charge in [-0.2, -0.15) is 5.10 Å². The lowest BCUT2D eigenvalue weighted by atomic mass is 10.0. The van der Waals surface area contributed by atoms with Crippen molar-refractivity contribution in [2.75, 3.05) is 11.9 Å². The predicted octanol–water partition coefficient (Wildman–Crippen LogP) is 5.74. The van der Waals surface area contributed by atoms with Crippen LogP contribution in [0.2, 0.25) is 0 Å². The van der Waals surface area contributed by atoms with Crippen LogP contribution in [0.5, 0.6) is 5.75 Å². The van der Waals surface area contributed by atoms with Crippen molar-refractivity contribution in [1.29, 1.82) is 0 Å². The summed E-state index contributed by atoms with van der Waals surface area (Å²) in [7, 11) is 0. The van der Waals surface area contributed by atoms with Crippen molar-refractivity contribution in [2.24, 2.45) is 0 Å². The molecule has 5 heteroatoms. The highest BCUT2D eigenvalue weighted by Gasteiger charge is 2.23. The maximum absolute atomic E-state index is 6.03. The van der Waals surface area contributed by atoms with Gasteiger partial charge < -0.3 is 10.1 Å². The monoisotopic (exact) mass is 410 g/mol. The first kappa shape index (κ1) is 19.4. The molecule has 31 heavy (non-hydrogen) atoms. The Hall–Kier alpha value is -3.60. The molecule has 0 amide bonds. The van der Waals surface area contributed by atoms with Gasteiger partial charge in [0.1, 0.15) is 23.9 Å². The van der Waals surface area contributed by atoms with E-state index < -0.39 is 0 Å². The van der Waals surface area contributed by atoms with Gasteiger partial charge in [-0.15, -0.1) is 0 Å². The van der Waals surface area contributed by atoms with Crippen LogP contribution < -0.4 is 10.1 Å². The zero-order valence-corrected chi connectivity index (χ0v) is 17.9. The van der Waals surface area contributed by atoms with Crippen LogP contribution in [0.25, 0.3) is 22.4 Å². The molecule has 2 aromatic carbocycles. The Bertz CT molecular complexity index is 1160. The molecular formula is C26H26N4O. The minimum absolute atomic E-state index is 0.541. The topological polar surface area (TPSA) is 52.0 Å². The summed E-state index contributed by atoms with van der Waals surface area (Å²) in [6.07, 6.45) is 3.61. The average Bonchev–Trinajstić information content (AvgIpc) is 3.40. The second-order valence-electron chi connectivity index (χ2n) is 8.17. The van der Waals surface area contributed by atoms with Crippen LogP contribution in [-0.2, 0) is 13.2 Å². The highest BCUT2D eigenvalue weighted by molar-refractivity contribution is 5.89. The van der Waals surface area contributed by atoms with Gasteiger partial charge in [0.2, 0.25) is 0 Å². The summed E-state index contributed by atoms with van der Waals surface area (Å²) in [5.74, 6) is 2.48. The summed E-state index contributed by atoms with van der Waals surface area (Å²) in [4.78, 5) is 4.14. The van der Waals surface area contributed by atoms with Crippen LogP contribution in [0.1, 0.15) is 30.9 Å². The number of hydrogen-bond donors (Lipinski definition) is 1. The number of benzene rings is 2. The first-order chi connectivity index (χ1) is 15.2. The minimum Gasteiger partial charge on any atom is -0.489 e. The number of fused-ring (bicyclic) bond motifs is 1. The molecule has 1 aliphatic rings. The molecule has 1 N–H and O–H groups in total. The molecule has 0 fully saturated rings. The molecular weight excluding hydrogens is 384 g/mol. The van der Waals surface area contributed by atoms with E-state index in [2.05, 4.69) is 65.2 Å². The minimum atomic E-state index is 0.541. The summed E-state index contributed by atoms with van der Waals surface area (Å²) in [5, 5.41) is 8.33. The molecule has 2 aromatic heterocycles. The van der Waals surface area contributed by atoms with Gasteiger partial charge >= 0.3 is 0 Å². The van der Waals surface area contributed by atoms with Gasteiger partial charge in [0.25, 0.3) is 0 Å². The highest BCUT2D eigenvalue weighted by atomic mass is 16.5. The third kappa shape index (κ3) is 3.91. The van der Waals surface area contributed by atoms with Crippen molar-refractivity contribution in [1.82, 2.24) is 14.8 Å². The molecule has 5 rings (SSSR count). The SMILES string of the molecule is CC(C)c1ccc(COc2ccc(-c3c(-c4ccncc4)nn4c3NCC4)cc2)cc1. The summed E-state index contributed by atoms with van der Waals surface area (Å²) < 4.78 is 8.08. The van der Waals surface area contributed by atoms with E-state index in [0.29, 0.717) is 12.5 Å². The van der Waals surface area contributed by atoms with E-state index in [1.165, 1.54) is 11.1 Å². The Morgan fingerprint density at radius 1 is 0.935 bits per heavy atom. The van der Waals surface area contributed by atoms with Crippen LogP contribution in [0, 0.1) is 0 Å². The molecule has 5 nitrogen and oxygen atoms in total. The first-order valence-electron chi connectivity index (χ1n) is 10.8. The lowest BCUT2D eigenvalue weighted by Gasteiger charge is -2.10. The Kier molecular flexibility index (Phi) is 5.16. The fourth-order valence-electron chi connectivity index (χ4n) is 3.95. The Labute approximate surface area is 182 Å². The highest BCUT2D eigenvalue weighted by Crippen LogP contribution is 2.39. The number of pyridine rings is 1. The third-order valence-corrected chi connectivity index (χ3v) is 5.72. The first-order valence-corrected chi connectivity index (χ1v) is 10.8. The molecule has 0 atom stereocenters. The number of hydrogen-bond acceptors (Lipinski definition) is 4. The molecule has 0 spiro atoms. The maximum atomic E-state index is 6.03. The van der Waals surface area contributed by atoms with Crippen LogP contribution in [0.4, 0.5) is 5.82 Å². The molecule has 0 saturated carbocycles. The molecule has 156 valence electrons. The van der Waals surface area contributed by atoms with Crippen molar-refractivity contribution in [3.05, 3.63) is 84.2 Å². The van der Waals surface area contributed by atoms with Crippen LogP contribution in [0.15, 0.2) is 73.1 Å². The number of aromatic nitrogens is 3. The summed E-state index contributed by atoms with van der Waals surface area (Å²) >= 11 is 0. The van der Waals surface area contributed by atoms with Crippen LogP contribution in [-0.4, -0.2) is 21.3 Å². The molecule has 0 saturated heterocycles. The average molecular weight is 411 g/mol. The van der Waals surface area contributed by atoms with E-state index in [1.807, 2.05) is 36.7 Å². The zero-order chi connectivity index (χ0) is 21.2. The summed E-state index contributed by atoms with van der Waals surface area (Å²) in [6, 6.07) is 21.0. The van der Waals surface area contributed by atoms with E-state index in [0.717, 1.165) is 47.0 Å². The molecule has 1 aliphatic heterocycles. The van der Waals surface area contributed by atoms with Crippen molar-refractivity contribution in [3.8, 4) is 28.1 Å². The van der Waals surface area contributed by atoms with Crippen LogP contribution >= 0.6 is 0 Å². The predicted molar refractivity (Wildman–Crippen MR) is 124 cm³/mol. The van der Waals surface area contributed by atoms with Gasteiger partial charge in [-0.05, 0) is 46.9 Å². The van der Waals surface area contributed by atoms with E-state index >= 15 is 0 Å². The van der Waals surface area contributed by atoms with E-state index in [9.17, 15) is 0 Å². The zero-order valence-electron chi connectivity index (χ0n) is 17.9. The largest absolute Gasteiger partial charge is 0.489 e. The van der Waals surface area contributed by atoms with Crippen molar-refractivity contribution in [2.45, 2.75) is 32.9 Å². The molecule has 3 heterocycles. The summed E-state index contributed by atoms with van der Waals surface area (Å²) in [6.45, 7) is 6.76. The number of ether oxygens (including phenoxy) is 1. The molecule has 0 unspecified atom stereocenters. The fraction of sp³-hybridized carbons (Fsp3) is 0.231. The second kappa shape index (κ2) is 8.26. The number of nitrogens with one attached hydrogen (secondary N) is 1. The van der Waals surface area contributed by atoms with E-state index in [4.69, 9.17) is 9.84 Å². The quantitative estimate of drug-likeness (QED) is 0.440. The lowest BCUT2D eigenvalue weighted by molar-refractivity contribution is 0.306. The van der Waals surface area contributed by atoms with Crippen LogP contribution in [0.3, 0.4) is 0 Å². The number of anilines is 1. The fourth-order valence-corrected chi connectivity index (χ4v) is 3.95. The number of rotatable bonds is 6. The molecule has 4 aromatic rings. The third-order valence-electron chi connectivity index (χ3n) is 5.72. The van der Waals surface area contributed by atoms with Gasteiger partial charge in [0, 0.05) is 24.5 Å². The maximum Gasteiger partial charge on any atom is 0.133 e. The van der Waals surface area contributed by atoms with Crippen molar-refractivity contribution in [3.63, 3.8) is 0 Å². The normalized spacial score (nSPS) is 12.6. The standard InChI is InChI=1S/C26H26N4O/c1-18(2)20-5-3-19(4-6-20)17-31-23-9-7-21(8-10-23)24-25(22-11-13-27-14-12-22)29-30-16-15-28-26(24)30/h3-14,18,28H,15-17H2,1-2H3. The van der Waals surface area contributed by atoms with Gasteiger partial charge in [0.05, 0.1) is 12.1 Å². The van der Waals surface area contributed by atoms with E-state index in [1.54, 1.807) is 0 Å². The summed E-state index contributed by atoms with van der Waals surface area (Å²) in [5.41, 5.74) is 6.81. The lowest BCUT2D eigenvalue weighted by Crippen LogP contribution is -1.98. The van der Waals surface area contributed by atoms with Gasteiger partial charge in [-0.3, -0.25) is 4.98 Å². The Morgan fingerprint density at radius 2 is 1.68 bits per heavy atom. The van der Waals surface area contributed by atoms with Gasteiger partial charge in [0.15, 0.2) is 0 Å². The van der Waals surface area contributed by atoms with Gasteiger partial charge in [-0.25, -0.2) is 4.68 Å². The van der Waals surface area contributed by atoms with Crippen molar-refractivity contribution < 1.29 is 4.74 Å². The Morgan fingerprint density at radius 3 is 2.39 bits per heavy atom. The molecule has 0 aliphatic carbocycles.